The van der Waals surface area contributed by atoms with Crippen LogP contribution in [-0.2, 0) is 4.79 Å². The maximum Gasteiger partial charge on any atom is 0.253 e. The molecule has 0 bridgehead atoms. The van der Waals surface area contributed by atoms with Gasteiger partial charge in [-0.15, -0.1) is 0 Å². The fourth-order valence-corrected chi connectivity index (χ4v) is 5.89. The molecule has 0 saturated carbocycles. The number of anilines is 2. The standard InChI is InChI=1S/C29H36N6O3/c1-38-26-18-24(6-7-25(26)22(19-30)20-31)35-15-10-29(28(35)37)8-13-34(14-9-29)27(36)21-2-4-23(5-3-21)33-16-11-32-12-17-33/h2-7,18-20,30,32H,8-17,31H2,1H3/b22-20+,30-19?. The van der Waals surface area contributed by atoms with E-state index >= 15 is 0 Å². The summed E-state index contributed by atoms with van der Waals surface area (Å²) >= 11 is 0. The van der Waals surface area contributed by atoms with Gasteiger partial charge in [-0.25, -0.2) is 0 Å². The number of ether oxygens (including phenoxy) is 1. The molecule has 3 saturated heterocycles. The number of amides is 2. The van der Waals surface area contributed by atoms with E-state index in [9.17, 15) is 9.59 Å². The Bertz CT molecular complexity index is 1230. The number of piperazine rings is 1. The van der Waals surface area contributed by atoms with Crippen LogP contribution in [0.5, 0.6) is 5.75 Å². The fourth-order valence-electron chi connectivity index (χ4n) is 5.89. The summed E-state index contributed by atoms with van der Waals surface area (Å²) in [6.45, 7) is 5.67. The van der Waals surface area contributed by atoms with E-state index in [4.69, 9.17) is 15.9 Å². The summed E-state index contributed by atoms with van der Waals surface area (Å²) in [5.74, 6) is 0.713. The number of nitrogens with one attached hydrogen (secondary N) is 2. The average molecular weight is 517 g/mol. The molecule has 0 unspecified atom stereocenters. The average Bonchev–Trinajstić information content (AvgIpc) is 3.29. The van der Waals surface area contributed by atoms with Crippen molar-refractivity contribution in [1.82, 2.24) is 10.2 Å². The van der Waals surface area contributed by atoms with Gasteiger partial charge in [0, 0.05) is 92.4 Å². The van der Waals surface area contributed by atoms with E-state index in [0.717, 1.165) is 44.0 Å². The molecular weight excluding hydrogens is 480 g/mol. The Balaban J connectivity index is 1.23. The monoisotopic (exact) mass is 516 g/mol. The van der Waals surface area contributed by atoms with Gasteiger partial charge in [0.1, 0.15) is 5.75 Å². The lowest BCUT2D eigenvalue weighted by molar-refractivity contribution is -0.127. The highest BCUT2D eigenvalue weighted by Gasteiger charge is 2.49. The maximum atomic E-state index is 13.7. The number of benzene rings is 2. The second kappa shape index (κ2) is 10.9. The van der Waals surface area contributed by atoms with E-state index in [1.54, 1.807) is 7.11 Å². The zero-order valence-corrected chi connectivity index (χ0v) is 21.9. The van der Waals surface area contributed by atoms with Crippen molar-refractivity contribution in [3.63, 3.8) is 0 Å². The molecule has 4 N–H and O–H groups in total. The predicted octanol–water partition coefficient (Wildman–Crippen LogP) is 2.71. The van der Waals surface area contributed by atoms with Gasteiger partial charge in [0.15, 0.2) is 0 Å². The molecule has 2 amide bonds. The number of hydrogen-bond donors (Lipinski definition) is 3. The van der Waals surface area contributed by atoms with Gasteiger partial charge < -0.3 is 35.9 Å². The lowest BCUT2D eigenvalue weighted by Crippen LogP contribution is -2.46. The molecule has 9 heteroatoms. The lowest BCUT2D eigenvalue weighted by atomic mass is 9.77. The van der Waals surface area contributed by atoms with Gasteiger partial charge in [0.25, 0.3) is 5.91 Å². The molecule has 3 aliphatic heterocycles. The number of rotatable bonds is 6. The Morgan fingerprint density at radius 1 is 1.00 bits per heavy atom. The molecular formula is C29H36N6O3. The minimum Gasteiger partial charge on any atom is -0.496 e. The van der Waals surface area contributed by atoms with Gasteiger partial charge in [-0.2, -0.15) is 0 Å². The molecule has 9 nitrogen and oxygen atoms in total. The number of methoxy groups -OCH3 is 1. The summed E-state index contributed by atoms with van der Waals surface area (Å²) in [7, 11) is 1.57. The van der Waals surface area contributed by atoms with Crippen LogP contribution in [0.3, 0.4) is 0 Å². The Hall–Kier alpha value is -3.85. The Morgan fingerprint density at radius 2 is 1.66 bits per heavy atom. The van der Waals surface area contributed by atoms with Crippen LogP contribution in [0.4, 0.5) is 11.4 Å². The maximum absolute atomic E-state index is 13.7. The van der Waals surface area contributed by atoms with E-state index in [-0.39, 0.29) is 11.8 Å². The van der Waals surface area contributed by atoms with E-state index in [1.165, 1.54) is 12.4 Å². The zero-order chi connectivity index (χ0) is 26.7. The van der Waals surface area contributed by atoms with Gasteiger partial charge in [-0.1, -0.05) is 0 Å². The number of nitrogens with two attached hydrogens (primary N) is 1. The van der Waals surface area contributed by atoms with Crippen molar-refractivity contribution in [3.8, 4) is 5.75 Å². The van der Waals surface area contributed by atoms with Crippen molar-refractivity contribution in [2.24, 2.45) is 11.1 Å². The molecule has 38 heavy (non-hydrogen) atoms. The van der Waals surface area contributed by atoms with Crippen molar-refractivity contribution in [2.75, 3.05) is 62.7 Å². The molecule has 1 spiro atoms. The molecule has 5 rings (SSSR count). The molecule has 0 aliphatic carbocycles. The largest absolute Gasteiger partial charge is 0.496 e. The smallest absolute Gasteiger partial charge is 0.253 e. The van der Waals surface area contributed by atoms with Gasteiger partial charge in [0.05, 0.1) is 12.5 Å². The SMILES string of the molecule is COc1cc(N2CCC3(CCN(C(=O)c4ccc(N5CCNCC5)cc4)CC3)C2=O)ccc1/C(C=N)=C/N. The second-order valence-electron chi connectivity index (χ2n) is 10.2. The van der Waals surface area contributed by atoms with Crippen LogP contribution in [0.1, 0.15) is 35.2 Å². The Morgan fingerprint density at radius 3 is 2.29 bits per heavy atom. The molecule has 3 heterocycles. The number of likely N-dealkylation sites (tertiary alicyclic amines) is 1. The fraction of sp³-hybridized carbons (Fsp3) is 0.414. The number of hydrogen-bond acceptors (Lipinski definition) is 7. The van der Waals surface area contributed by atoms with E-state index < -0.39 is 5.41 Å². The summed E-state index contributed by atoms with van der Waals surface area (Å²) < 4.78 is 5.54. The first-order valence-corrected chi connectivity index (χ1v) is 13.3. The summed E-state index contributed by atoms with van der Waals surface area (Å²) in [5.41, 5.74) is 9.10. The minimum atomic E-state index is -0.438. The van der Waals surface area contributed by atoms with Gasteiger partial charge in [0.2, 0.25) is 5.91 Å². The molecule has 200 valence electrons. The Labute approximate surface area is 223 Å². The molecule has 3 aliphatic rings. The molecule has 0 atom stereocenters. The van der Waals surface area contributed by atoms with E-state index in [0.29, 0.717) is 54.9 Å². The van der Waals surface area contributed by atoms with Gasteiger partial charge in [-0.3, -0.25) is 9.59 Å². The summed E-state index contributed by atoms with van der Waals surface area (Å²) in [4.78, 5) is 32.9. The zero-order valence-electron chi connectivity index (χ0n) is 21.9. The normalized spacial score (nSPS) is 19.7. The summed E-state index contributed by atoms with van der Waals surface area (Å²) in [5, 5.41) is 10.9. The highest BCUT2D eigenvalue weighted by molar-refractivity contribution is 6.09. The number of nitrogens with zero attached hydrogens (tertiary/aromatic N) is 3. The van der Waals surface area contributed by atoms with Gasteiger partial charge in [-0.05, 0) is 55.7 Å². The van der Waals surface area contributed by atoms with Crippen LogP contribution >= 0.6 is 0 Å². The summed E-state index contributed by atoms with van der Waals surface area (Å²) in [6.07, 6.45) is 4.65. The van der Waals surface area contributed by atoms with Crippen LogP contribution in [-0.4, -0.2) is 75.9 Å². The highest BCUT2D eigenvalue weighted by Crippen LogP contribution is 2.44. The van der Waals surface area contributed by atoms with Gasteiger partial charge >= 0.3 is 0 Å². The van der Waals surface area contributed by atoms with Crippen molar-refractivity contribution >= 4 is 35.0 Å². The third-order valence-corrected chi connectivity index (χ3v) is 8.26. The third-order valence-electron chi connectivity index (χ3n) is 8.26. The van der Waals surface area contributed by atoms with E-state index in [2.05, 4.69) is 10.2 Å². The van der Waals surface area contributed by atoms with Crippen LogP contribution in [0.15, 0.2) is 48.7 Å². The summed E-state index contributed by atoms with van der Waals surface area (Å²) in [6, 6.07) is 13.5. The van der Waals surface area contributed by atoms with Crippen molar-refractivity contribution in [3.05, 3.63) is 59.8 Å². The predicted molar refractivity (Wildman–Crippen MR) is 150 cm³/mol. The first kappa shape index (κ1) is 25.8. The van der Waals surface area contributed by atoms with Crippen LogP contribution in [0.25, 0.3) is 5.57 Å². The van der Waals surface area contributed by atoms with Crippen LogP contribution < -0.4 is 25.6 Å². The van der Waals surface area contributed by atoms with Crippen LogP contribution in [0.2, 0.25) is 0 Å². The van der Waals surface area contributed by atoms with Crippen molar-refractivity contribution < 1.29 is 14.3 Å². The first-order chi connectivity index (χ1) is 18.5. The quantitative estimate of drug-likeness (QED) is 0.509. The number of allylic oxidation sites excluding steroid dienone is 1. The molecule has 3 fully saturated rings. The third kappa shape index (κ3) is 4.74. The minimum absolute atomic E-state index is 0.0318. The molecule has 2 aromatic carbocycles. The van der Waals surface area contributed by atoms with E-state index in [1.807, 2.05) is 52.3 Å². The van der Waals surface area contributed by atoms with Crippen LogP contribution in [0, 0.1) is 10.8 Å². The number of carbonyl (C=O) groups excluding carboxylic acids is 2. The van der Waals surface area contributed by atoms with Crippen molar-refractivity contribution in [1.29, 1.82) is 5.41 Å². The number of carbonyl (C=O) groups is 2. The van der Waals surface area contributed by atoms with Crippen molar-refractivity contribution in [2.45, 2.75) is 19.3 Å². The second-order valence-corrected chi connectivity index (χ2v) is 10.2. The molecule has 0 aromatic heterocycles. The topological polar surface area (TPSA) is 115 Å². The molecule has 2 aromatic rings. The first-order valence-electron chi connectivity index (χ1n) is 13.3. The Kier molecular flexibility index (Phi) is 7.37. The highest BCUT2D eigenvalue weighted by atomic mass is 16.5. The molecule has 0 radical (unpaired) electrons. The number of piperidine rings is 1. The lowest BCUT2D eigenvalue weighted by Gasteiger charge is -2.38.